The Morgan fingerprint density at radius 1 is 1.35 bits per heavy atom. The van der Waals surface area contributed by atoms with Gasteiger partial charge in [0.2, 0.25) is 0 Å². The van der Waals surface area contributed by atoms with Gasteiger partial charge in [0.05, 0.1) is 6.33 Å². The lowest BCUT2D eigenvalue weighted by molar-refractivity contribution is 1.06. The summed E-state index contributed by atoms with van der Waals surface area (Å²) in [5, 5.41) is 0.937. The first-order valence-electron chi connectivity index (χ1n) is 5.67. The van der Waals surface area contributed by atoms with Gasteiger partial charge in [-0.3, -0.25) is 0 Å². The average Bonchev–Trinajstić information content (AvgIpc) is 2.90. The zero-order valence-corrected chi connectivity index (χ0v) is 11.4. The van der Waals surface area contributed by atoms with Crippen LogP contribution in [0.25, 0.3) is 11.8 Å². The summed E-state index contributed by atoms with van der Waals surface area (Å²) in [7, 11) is 0. The predicted molar refractivity (Wildman–Crippen MR) is 75.6 cm³/mol. The maximum atomic E-state index is 4.04. The van der Waals surface area contributed by atoms with E-state index in [9.17, 15) is 0 Å². The van der Waals surface area contributed by atoms with Crippen molar-refractivity contribution < 1.29 is 0 Å². The second-order valence-corrected chi connectivity index (χ2v) is 4.41. The molecule has 0 N–H and O–H groups in total. The number of hydrogen-bond acceptors (Lipinski definition) is 1. The Labute approximate surface area is 110 Å². The number of benzene rings is 1. The van der Waals surface area contributed by atoms with Crippen LogP contribution in [-0.2, 0) is 0 Å². The first-order valence-corrected chi connectivity index (χ1v) is 6.79. The van der Waals surface area contributed by atoms with Gasteiger partial charge in [-0.2, -0.15) is 0 Å². The third-order valence-corrected chi connectivity index (χ3v) is 3.41. The number of halogens is 1. The first kappa shape index (κ1) is 12.1. The highest BCUT2D eigenvalue weighted by Crippen LogP contribution is 2.14. The largest absolute Gasteiger partial charge is 0.306 e. The van der Waals surface area contributed by atoms with E-state index in [-0.39, 0.29) is 0 Å². The summed E-state index contributed by atoms with van der Waals surface area (Å²) < 4.78 is 2.00. The van der Waals surface area contributed by atoms with Crippen LogP contribution in [0.15, 0.2) is 48.6 Å². The van der Waals surface area contributed by atoms with E-state index in [1.165, 1.54) is 11.1 Å². The van der Waals surface area contributed by atoms with Crippen LogP contribution >= 0.6 is 15.9 Å². The minimum Gasteiger partial charge on any atom is -0.306 e. The van der Waals surface area contributed by atoms with Crippen LogP contribution in [0.3, 0.4) is 0 Å². The standard InChI is InChI=1S/C14H15BrN2/c1-2-12(10-15)9-13-3-5-14(6-4-13)17-8-7-16-11-17/h3-9,11H,2,10H2,1H3. The number of allylic oxidation sites excluding steroid dienone is 1. The molecule has 3 heteroatoms. The molecule has 0 saturated heterocycles. The summed E-state index contributed by atoms with van der Waals surface area (Å²) in [6.07, 6.45) is 8.84. The van der Waals surface area contributed by atoms with Crippen LogP contribution < -0.4 is 0 Å². The van der Waals surface area contributed by atoms with Crippen LogP contribution in [0.4, 0.5) is 0 Å². The molecule has 0 atom stereocenters. The highest BCUT2D eigenvalue weighted by Gasteiger charge is 1.96. The molecule has 0 fully saturated rings. The fourth-order valence-electron chi connectivity index (χ4n) is 1.63. The monoisotopic (exact) mass is 290 g/mol. The number of alkyl halides is 1. The van der Waals surface area contributed by atoms with Gasteiger partial charge in [0.1, 0.15) is 0 Å². The van der Waals surface area contributed by atoms with E-state index in [0.717, 1.165) is 17.4 Å². The molecule has 1 aromatic heterocycles. The van der Waals surface area contributed by atoms with Crippen LogP contribution in [0.2, 0.25) is 0 Å². The number of hydrogen-bond donors (Lipinski definition) is 0. The lowest BCUT2D eigenvalue weighted by Crippen LogP contribution is -1.89. The fourth-order valence-corrected chi connectivity index (χ4v) is 2.18. The molecule has 1 aromatic carbocycles. The molecule has 0 bridgehead atoms. The van der Waals surface area contributed by atoms with Crippen molar-refractivity contribution in [3.05, 3.63) is 54.1 Å². The molecule has 0 aliphatic carbocycles. The number of rotatable bonds is 4. The summed E-state index contributed by atoms with van der Waals surface area (Å²) in [6.45, 7) is 2.17. The van der Waals surface area contributed by atoms with Crippen molar-refractivity contribution in [2.45, 2.75) is 13.3 Å². The smallest absolute Gasteiger partial charge is 0.0991 e. The average molecular weight is 291 g/mol. The molecule has 0 amide bonds. The minimum absolute atomic E-state index is 0.937. The highest BCUT2D eigenvalue weighted by molar-refractivity contribution is 9.09. The summed E-state index contributed by atoms with van der Waals surface area (Å²) >= 11 is 3.50. The number of imidazole rings is 1. The summed E-state index contributed by atoms with van der Waals surface area (Å²) in [4.78, 5) is 4.04. The SMILES string of the molecule is CCC(=Cc1ccc(-n2ccnc2)cc1)CBr. The minimum atomic E-state index is 0.937. The molecule has 0 aliphatic rings. The van der Waals surface area contributed by atoms with Crippen molar-refractivity contribution in [1.82, 2.24) is 9.55 Å². The Hall–Kier alpha value is -1.35. The van der Waals surface area contributed by atoms with Crippen LogP contribution in [0.1, 0.15) is 18.9 Å². The van der Waals surface area contributed by atoms with Gasteiger partial charge in [0, 0.05) is 23.4 Å². The van der Waals surface area contributed by atoms with Gasteiger partial charge in [-0.05, 0) is 24.1 Å². The van der Waals surface area contributed by atoms with Crippen molar-refractivity contribution in [1.29, 1.82) is 0 Å². The second-order valence-electron chi connectivity index (χ2n) is 3.85. The van der Waals surface area contributed by atoms with E-state index in [4.69, 9.17) is 0 Å². The van der Waals surface area contributed by atoms with Gasteiger partial charge in [0.15, 0.2) is 0 Å². The van der Waals surface area contributed by atoms with Gasteiger partial charge in [-0.25, -0.2) is 4.98 Å². The Morgan fingerprint density at radius 3 is 2.65 bits per heavy atom. The Balaban J connectivity index is 2.21. The summed E-state index contributed by atoms with van der Waals surface area (Å²) in [5.41, 5.74) is 3.78. The number of aromatic nitrogens is 2. The van der Waals surface area contributed by atoms with Crippen molar-refractivity contribution in [3.63, 3.8) is 0 Å². The van der Waals surface area contributed by atoms with Gasteiger partial charge in [0.25, 0.3) is 0 Å². The maximum absolute atomic E-state index is 4.04. The molecule has 1 heterocycles. The second kappa shape index (κ2) is 5.82. The lowest BCUT2D eigenvalue weighted by atomic mass is 10.1. The maximum Gasteiger partial charge on any atom is 0.0991 e. The van der Waals surface area contributed by atoms with Crippen LogP contribution in [0, 0.1) is 0 Å². The van der Waals surface area contributed by atoms with Crippen LogP contribution in [-0.4, -0.2) is 14.9 Å². The molecule has 0 spiro atoms. The van der Waals surface area contributed by atoms with Crippen molar-refractivity contribution in [2.75, 3.05) is 5.33 Å². The fraction of sp³-hybridized carbons (Fsp3) is 0.214. The van der Waals surface area contributed by atoms with Crippen molar-refractivity contribution in [3.8, 4) is 5.69 Å². The molecule has 17 heavy (non-hydrogen) atoms. The first-order chi connectivity index (χ1) is 8.33. The topological polar surface area (TPSA) is 17.8 Å². The molecule has 2 nitrogen and oxygen atoms in total. The summed E-state index contributed by atoms with van der Waals surface area (Å²) in [5.74, 6) is 0. The normalized spacial score (nSPS) is 11.8. The van der Waals surface area contributed by atoms with E-state index < -0.39 is 0 Å². The molecular weight excluding hydrogens is 276 g/mol. The Morgan fingerprint density at radius 2 is 2.12 bits per heavy atom. The van der Waals surface area contributed by atoms with Crippen molar-refractivity contribution >= 4 is 22.0 Å². The Bertz CT molecular complexity index is 477. The zero-order chi connectivity index (χ0) is 12.1. The number of nitrogens with zero attached hydrogens (tertiary/aromatic N) is 2. The molecular formula is C14H15BrN2. The molecule has 2 aromatic rings. The molecule has 0 radical (unpaired) electrons. The predicted octanol–water partition coefficient (Wildman–Crippen LogP) is 4.06. The lowest BCUT2D eigenvalue weighted by Gasteiger charge is -2.03. The molecule has 0 aliphatic heterocycles. The van der Waals surface area contributed by atoms with E-state index >= 15 is 0 Å². The molecule has 2 rings (SSSR count). The third kappa shape index (κ3) is 3.07. The van der Waals surface area contributed by atoms with Gasteiger partial charge >= 0.3 is 0 Å². The van der Waals surface area contributed by atoms with E-state index in [0.29, 0.717) is 0 Å². The molecule has 0 unspecified atom stereocenters. The van der Waals surface area contributed by atoms with E-state index in [1.807, 2.05) is 10.8 Å². The van der Waals surface area contributed by atoms with Crippen molar-refractivity contribution in [2.24, 2.45) is 0 Å². The molecule has 88 valence electrons. The van der Waals surface area contributed by atoms with Gasteiger partial charge in [-0.1, -0.05) is 46.6 Å². The quantitative estimate of drug-likeness (QED) is 0.777. The van der Waals surface area contributed by atoms with E-state index in [1.54, 1.807) is 12.5 Å². The Kier molecular flexibility index (Phi) is 4.15. The van der Waals surface area contributed by atoms with E-state index in [2.05, 4.69) is 58.2 Å². The molecule has 0 saturated carbocycles. The highest BCUT2D eigenvalue weighted by atomic mass is 79.9. The van der Waals surface area contributed by atoms with Gasteiger partial charge < -0.3 is 4.57 Å². The van der Waals surface area contributed by atoms with Gasteiger partial charge in [-0.15, -0.1) is 0 Å². The van der Waals surface area contributed by atoms with Crippen LogP contribution in [0.5, 0.6) is 0 Å². The summed E-state index contributed by atoms with van der Waals surface area (Å²) in [6, 6.07) is 8.48. The zero-order valence-electron chi connectivity index (χ0n) is 9.81. The third-order valence-electron chi connectivity index (χ3n) is 2.69.